The zero-order chi connectivity index (χ0) is 17.4. The van der Waals surface area contributed by atoms with E-state index in [2.05, 4.69) is 0 Å². The van der Waals surface area contributed by atoms with Crippen molar-refractivity contribution in [3.05, 3.63) is 35.4 Å². The molecule has 0 N–H and O–H groups in total. The van der Waals surface area contributed by atoms with Gasteiger partial charge in [-0.2, -0.15) is 0 Å². The number of methoxy groups -OCH3 is 1. The topological polar surface area (TPSA) is 66.4 Å². The van der Waals surface area contributed by atoms with Crippen LogP contribution < -0.4 is 34.3 Å². The molecule has 2 rings (SSSR count). The number of hydrogen-bond donors (Lipinski definition) is 0. The molecule has 0 aromatic heterocycles. The summed E-state index contributed by atoms with van der Waals surface area (Å²) in [6.45, 7) is 7.95. The van der Waals surface area contributed by atoms with E-state index in [0.29, 0.717) is 22.4 Å². The van der Waals surface area contributed by atoms with E-state index in [1.807, 2.05) is 39.8 Å². The Hall–Kier alpha value is -0.590. The third-order valence-corrected chi connectivity index (χ3v) is 5.34. The molecular weight excluding hydrogens is 335 g/mol. The minimum atomic E-state index is -4.57. The van der Waals surface area contributed by atoms with Gasteiger partial charge in [-0.25, -0.2) is 8.42 Å². The Labute approximate surface area is 167 Å². The second kappa shape index (κ2) is 8.19. The van der Waals surface area contributed by atoms with Gasteiger partial charge < -0.3 is 9.29 Å². The van der Waals surface area contributed by atoms with Crippen LogP contribution >= 0.6 is 0 Å². The van der Waals surface area contributed by atoms with Crippen molar-refractivity contribution < 1.29 is 47.3 Å². The van der Waals surface area contributed by atoms with Crippen LogP contribution in [0.5, 0.6) is 5.75 Å². The number of ether oxygens (including phenoxy) is 1. The van der Waals surface area contributed by atoms with Crippen molar-refractivity contribution in [2.75, 3.05) is 7.11 Å². The van der Waals surface area contributed by atoms with Gasteiger partial charge >= 0.3 is 29.6 Å². The molecule has 24 heavy (non-hydrogen) atoms. The fourth-order valence-electron chi connectivity index (χ4n) is 2.80. The predicted molar refractivity (Wildman–Crippen MR) is 90.4 cm³/mol. The molecule has 0 heterocycles. The number of hydrogen-bond acceptors (Lipinski definition) is 4. The fraction of sp³-hybridized carbons (Fsp3) is 0.444. The Balaban J connectivity index is 0.00000288. The third-order valence-electron chi connectivity index (χ3n) is 4.38. The van der Waals surface area contributed by atoms with Gasteiger partial charge in [-0.05, 0) is 47.6 Å². The molecule has 4 nitrogen and oxygen atoms in total. The second-order valence-corrected chi connectivity index (χ2v) is 7.54. The van der Waals surface area contributed by atoms with Crippen molar-refractivity contribution in [3.63, 3.8) is 0 Å². The Morgan fingerprint density at radius 2 is 1.75 bits per heavy atom. The molecule has 0 saturated heterocycles. The third kappa shape index (κ3) is 4.14. The standard InChI is InChI=1S/C18H24O4S.Na/c1-6-12(4)14-10-15-16(18(14)23(19,20)21)9-13(11(2)3)7-8-17(15)22-5;/h7-12H,6H2,1-5H3,(H,19,20,21);/q;+1/p-1. The summed E-state index contributed by atoms with van der Waals surface area (Å²) in [5.74, 6) is 0.768. The largest absolute Gasteiger partial charge is 1.00 e. The van der Waals surface area contributed by atoms with Crippen molar-refractivity contribution in [2.24, 2.45) is 0 Å². The predicted octanol–water partition coefficient (Wildman–Crippen LogP) is 1.34. The van der Waals surface area contributed by atoms with Crippen molar-refractivity contribution in [1.82, 2.24) is 0 Å². The Bertz CT molecular complexity index is 784. The summed E-state index contributed by atoms with van der Waals surface area (Å²) in [6, 6.07) is 7.34. The molecule has 0 aromatic rings. The van der Waals surface area contributed by atoms with Crippen molar-refractivity contribution >= 4 is 10.1 Å². The fourth-order valence-corrected chi connectivity index (χ4v) is 3.79. The minimum Gasteiger partial charge on any atom is -0.744 e. The van der Waals surface area contributed by atoms with Crippen LogP contribution in [0.3, 0.4) is 0 Å². The molecule has 2 aliphatic carbocycles. The Morgan fingerprint density at radius 1 is 1.12 bits per heavy atom. The van der Waals surface area contributed by atoms with Gasteiger partial charge in [0.05, 0.1) is 12.0 Å². The van der Waals surface area contributed by atoms with Gasteiger partial charge in [0.2, 0.25) is 0 Å². The number of fused-ring (bicyclic) bond motifs is 1. The molecule has 0 bridgehead atoms. The SMILES string of the molecule is CCC(C)c1cc2c(OC)ccc(C(C)C)cc-2c1S(=O)(=O)[O-].[Na+]. The van der Waals surface area contributed by atoms with Gasteiger partial charge in [0.25, 0.3) is 0 Å². The van der Waals surface area contributed by atoms with E-state index in [1.54, 1.807) is 19.2 Å². The summed E-state index contributed by atoms with van der Waals surface area (Å²) in [7, 11) is -3.03. The molecule has 0 fully saturated rings. The van der Waals surface area contributed by atoms with Gasteiger partial charge in [0, 0.05) is 11.1 Å². The molecule has 0 aliphatic heterocycles. The molecular formula is C18H23NaO4S. The minimum absolute atomic E-state index is 0. The van der Waals surface area contributed by atoms with E-state index < -0.39 is 10.1 Å². The maximum atomic E-state index is 11.9. The van der Waals surface area contributed by atoms with Crippen LogP contribution in [0.4, 0.5) is 0 Å². The van der Waals surface area contributed by atoms with Gasteiger partial charge in [-0.15, -0.1) is 0 Å². The smallest absolute Gasteiger partial charge is 0.744 e. The summed E-state index contributed by atoms with van der Waals surface area (Å²) >= 11 is 0. The first-order chi connectivity index (χ1) is 10.7. The van der Waals surface area contributed by atoms with E-state index >= 15 is 0 Å². The van der Waals surface area contributed by atoms with Crippen molar-refractivity contribution in [1.29, 1.82) is 0 Å². The van der Waals surface area contributed by atoms with Gasteiger partial charge in [-0.3, -0.25) is 0 Å². The molecule has 0 saturated carbocycles. The van der Waals surface area contributed by atoms with Crippen LogP contribution in [-0.2, 0) is 10.1 Å². The normalized spacial score (nSPS) is 13.0. The first kappa shape index (κ1) is 21.5. The molecule has 1 unspecified atom stereocenters. The molecule has 2 aliphatic rings. The summed E-state index contributed by atoms with van der Waals surface area (Å²) < 4.78 is 41.2. The van der Waals surface area contributed by atoms with Crippen LogP contribution in [0.15, 0.2) is 29.2 Å². The Morgan fingerprint density at radius 3 is 2.21 bits per heavy atom. The molecule has 0 amide bonds. The van der Waals surface area contributed by atoms with E-state index in [1.165, 1.54) is 0 Å². The van der Waals surface area contributed by atoms with Crippen LogP contribution in [0.1, 0.15) is 57.1 Å². The van der Waals surface area contributed by atoms with E-state index in [0.717, 1.165) is 12.0 Å². The van der Waals surface area contributed by atoms with Gasteiger partial charge in [0.1, 0.15) is 15.9 Å². The van der Waals surface area contributed by atoms with E-state index in [9.17, 15) is 13.0 Å². The van der Waals surface area contributed by atoms with Crippen LogP contribution in [0.25, 0.3) is 11.1 Å². The molecule has 0 radical (unpaired) electrons. The second-order valence-electron chi connectivity index (χ2n) is 6.22. The first-order valence-electron chi connectivity index (χ1n) is 7.81. The Kier molecular flexibility index (Phi) is 7.32. The maximum Gasteiger partial charge on any atom is 1.00 e. The van der Waals surface area contributed by atoms with Crippen LogP contribution in [0.2, 0.25) is 0 Å². The van der Waals surface area contributed by atoms with E-state index in [-0.39, 0.29) is 46.3 Å². The quantitative estimate of drug-likeness (QED) is 0.598. The molecule has 0 spiro atoms. The van der Waals surface area contributed by atoms with Gasteiger partial charge in [0.15, 0.2) is 0 Å². The first-order valence-corrected chi connectivity index (χ1v) is 9.21. The summed E-state index contributed by atoms with van der Waals surface area (Å²) in [6.07, 6.45) is 0.754. The van der Waals surface area contributed by atoms with Gasteiger partial charge in [-0.1, -0.05) is 33.8 Å². The molecule has 6 heteroatoms. The average Bonchev–Trinajstić information content (AvgIpc) is 2.75. The number of rotatable bonds is 5. The molecule has 126 valence electrons. The summed E-state index contributed by atoms with van der Waals surface area (Å²) in [5.41, 5.74) is 2.67. The zero-order valence-electron chi connectivity index (χ0n) is 15.2. The van der Waals surface area contributed by atoms with Crippen LogP contribution in [-0.4, -0.2) is 20.1 Å². The van der Waals surface area contributed by atoms with Crippen LogP contribution in [0, 0.1) is 0 Å². The monoisotopic (exact) mass is 358 g/mol. The molecule has 1 atom stereocenters. The van der Waals surface area contributed by atoms with Crippen molar-refractivity contribution in [2.45, 2.75) is 50.8 Å². The average molecular weight is 358 g/mol. The zero-order valence-corrected chi connectivity index (χ0v) is 18.0. The summed E-state index contributed by atoms with van der Waals surface area (Å²) in [5, 5.41) is 0. The molecule has 0 aromatic carbocycles. The summed E-state index contributed by atoms with van der Waals surface area (Å²) in [4.78, 5) is -0.0988. The van der Waals surface area contributed by atoms with Crippen molar-refractivity contribution in [3.8, 4) is 16.9 Å². The van der Waals surface area contributed by atoms with E-state index in [4.69, 9.17) is 4.74 Å². The maximum absolute atomic E-state index is 11.9.